The molecule has 4 aliphatic carbocycles. The van der Waals surface area contributed by atoms with Gasteiger partial charge in [0.15, 0.2) is 0 Å². The van der Waals surface area contributed by atoms with Crippen molar-refractivity contribution in [3.63, 3.8) is 0 Å². The first-order valence-electron chi connectivity index (χ1n) is 9.76. The van der Waals surface area contributed by atoms with Crippen LogP contribution in [-0.2, 0) is 25.1 Å². The molecule has 0 aliphatic heterocycles. The third kappa shape index (κ3) is 4.26. The van der Waals surface area contributed by atoms with Crippen LogP contribution in [0.15, 0.2) is 46.6 Å². The van der Waals surface area contributed by atoms with E-state index in [-0.39, 0.29) is 17.8 Å². The quantitative estimate of drug-likeness (QED) is 0.597. The second kappa shape index (κ2) is 9.00. The molecule has 0 bridgehead atoms. The Balaban J connectivity index is 0.00000182. The third-order valence-electron chi connectivity index (χ3n) is 6.03. The average Bonchev–Trinajstić information content (AvgIpc) is 3.20. The summed E-state index contributed by atoms with van der Waals surface area (Å²) >= 11 is -0.649. The smallest absolute Gasteiger partial charge is 1.00 e. The molecule has 0 aromatic heterocycles. The van der Waals surface area contributed by atoms with E-state index >= 15 is 0 Å². The number of allylic oxidation sites excluding steroid dienone is 4. The summed E-state index contributed by atoms with van der Waals surface area (Å²) in [5, 5.41) is 0. The van der Waals surface area contributed by atoms with Crippen LogP contribution >= 0.6 is 0 Å². The van der Waals surface area contributed by atoms with Gasteiger partial charge in [-0.15, -0.1) is 0 Å². The normalized spacial score (nSPS) is 28.4. The Morgan fingerprint density at radius 2 is 1.36 bits per heavy atom. The maximum absolute atomic E-state index is 6.81. The second-order valence-corrected chi connectivity index (χ2v) is 19.6. The molecule has 0 fully saturated rings. The molecule has 0 saturated heterocycles. The van der Waals surface area contributed by atoms with Crippen LogP contribution in [0.5, 0.6) is 0 Å². The van der Waals surface area contributed by atoms with Gasteiger partial charge in [0.05, 0.1) is 0 Å². The fourth-order valence-electron chi connectivity index (χ4n) is 4.89. The van der Waals surface area contributed by atoms with E-state index in [0.717, 1.165) is 0 Å². The van der Waals surface area contributed by atoms with Crippen LogP contribution in [0, 0.1) is 11.8 Å². The standard InChI is InChI=1S/C19H23O.C2H6Si.ClH.Zr/c20-19(17-11-9-13-5-1-3-7-15(13)17)18-12-10-14-6-2-4-8-16(14)18;1-3-2;;/h9-12,17-19H,1-8H2;1-2H3;1H;/q-1;;;+2/p-1. The molecule has 4 rings (SSSR count). The fourth-order valence-corrected chi connectivity index (χ4v) is 8.72. The van der Waals surface area contributed by atoms with Crippen LogP contribution in [0.3, 0.4) is 0 Å². The number of hydrogen-bond donors (Lipinski definition) is 0. The van der Waals surface area contributed by atoms with Crippen molar-refractivity contribution in [2.75, 3.05) is 0 Å². The molecular formula is C21H29ClOSiZr. The first-order valence-corrected chi connectivity index (χ1v) is 16.9. The van der Waals surface area contributed by atoms with Gasteiger partial charge in [-0.2, -0.15) is 0 Å². The molecule has 0 aromatic carbocycles. The third-order valence-corrected chi connectivity index (χ3v) is 11.1. The summed E-state index contributed by atoms with van der Waals surface area (Å²) in [4.78, 5) is 0. The molecule has 0 spiro atoms. The number of rotatable bonds is 4. The molecule has 4 heteroatoms. The molecule has 0 saturated carbocycles. The Hall–Kier alpha value is 0.310. The predicted octanol–water partition coefficient (Wildman–Crippen LogP) is 2.74. The minimum Gasteiger partial charge on any atom is -1.00 e. The van der Waals surface area contributed by atoms with Crippen molar-refractivity contribution < 1.29 is 37.5 Å². The first kappa shape index (κ1) is 20.1. The van der Waals surface area contributed by atoms with Crippen molar-refractivity contribution in [1.29, 1.82) is 0 Å². The molecule has 0 N–H and O–H groups in total. The summed E-state index contributed by atoms with van der Waals surface area (Å²) in [7, 11) is 0. The van der Waals surface area contributed by atoms with Gasteiger partial charge in [0.25, 0.3) is 0 Å². The predicted molar refractivity (Wildman–Crippen MR) is 98.6 cm³/mol. The van der Waals surface area contributed by atoms with Gasteiger partial charge in [-0.25, -0.2) is 0 Å². The Labute approximate surface area is 171 Å². The van der Waals surface area contributed by atoms with Crippen molar-refractivity contribution >= 4 is 5.43 Å². The molecular weight excluding hydrogens is 423 g/mol. The summed E-state index contributed by atoms with van der Waals surface area (Å²) in [5.41, 5.74) is 6.62. The summed E-state index contributed by atoms with van der Waals surface area (Å²) in [6.07, 6.45) is 21.1. The molecule has 0 radical (unpaired) electrons. The van der Waals surface area contributed by atoms with Crippen LogP contribution in [0.4, 0.5) is 0 Å². The van der Waals surface area contributed by atoms with E-state index in [1.165, 1.54) is 51.4 Å². The summed E-state index contributed by atoms with van der Waals surface area (Å²) < 4.78 is 6.81. The monoisotopic (exact) mass is 450 g/mol. The van der Waals surface area contributed by atoms with Crippen molar-refractivity contribution in [1.82, 2.24) is 0 Å². The minimum absolute atomic E-state index is 0. The SMILES string of the molecule is C[Si](C)=[Zr+][O]C(C1C=CC2=C1CCCC2)C1C=CC2=C1CCCC2.[Cl-]. The zero-order valence-corrected chi connectivity index (χ0v) is 19.7. The van der Waals surface area contributed by atoms with Crippen LogP contribution in [0.25, 0.3) is 0 Å². The van der Waals surface area contributed by atoms with Gasteiger partial charge in [-0.05, 0) is 0 Å². The van der Waals surface area contributed by atoms with Crippen molar-refractivity contribution in [2.45, 2.75) is 70.6 Å². The molecule has 134 valence electrons. The van der Waals surface area contributed by atoms with Gasteiger partial charge in [-0.3, -0.25) is 0 Å². The van der Waals surface area contributed by atoms with E-state index in [1.54, 1.807) is 22.3 Å². The van der Waals surface area contributed by atoms with Crippen LogP contribution in [0.2, 0.25) is 13.1 Å². The van der Waals surface area contributed by atoms with Crippen molar-refractivity contribution in [2.24, 2.45) is 11.8 Å². The summed E-state index contributed by atoms with van der Waals surface area (Å²) in [5.74, 6) is 1.15. The Morgan fingerprint density at radius 1 is 0.880 bits per heavy atom. The molecule has 0 amide bonds. The Bertz CT molecular complexity index is 621. The zero-order chi connectivity index (χ0) is 16.5. The maximum atomic E-state index is 6.81. The molecule has 2 unspecified atom stereocenters. The second-order valence-electron chi connectivity index (χ2n) is 7.97. The summed E-state index contributed by atoms with van der Waals surface area (Å²) in [6.45, 7) is 4.89. The van der Waals surface area contributed by atoms with E-state index < -0.39 is 22.3 Å². The van der Waals surface area contributed by atoms with Crippen molar-refractivity contribution in [3.8, 4) is 0 Å². The van der Waals surface area contributed by atoms with Gasteiger partial charge < -0.3 is 12.4 Å². The molecule has 0 heterocycles. The van der Waals surface area contributed by atoms with Gasteiger partial charge in [0.1, 0.15) is 0 Å². The first-order chi connectivity index (χ1) is 11.7. The largest absolute Gasteiger partial charge is 1.00 e. The molecule has 25 heavy (non-hydrogen) atoms. The van der Waals surface area contributed by atoms with Gasteiger partial charge in [0.2, 0.25) is 0 Å². The van der Waals surface area contributed by atoms with E-state index in [0.29, 0.717) is 17.9 Å². The van der Waals surface area contributed by atoms with E-state index in [4.69, 9.17) is 2.81 Å². The molecule has 2 atom stereocenters. The van der Waals surface area contributed by atoms with E-state index in [9.17, 15) is 0 Å². The number of halogens is 1. The minimum atomic E-state index is -0.649. The van der Waals surface area contributed by atoms with Crippen molar-refractivity contribution in [3.05, 3.63) is 46.6 Å². The zero-order valence-electron chi connectivity index (χ0n) is 15.5. The van der Waals surface area contributed by atoms with Crippen LogP contribution in [-0.4, -0.2) is 11.5 Å². The number of hydrogen-bond acceptors (Lipinski definition) is 1. The topological polar surface area (TPSA) is 9.23 Å². The average molecular weight is 452 g/mol. The molecule has 0 aromatic rings. The molecule has 4 aliphatic rings. The Morgan fingerprint density at radius 3 is 1.84 bits per heavy atom. The van der Waals surface area contributed by atoms with Gasteiger partial charge >= 0.3 is 160 Å². The maximum Gasteiger partial charge on any atom is -1.00 e. The van der Waals surface area contributed by atoms with E-state index in [1.807, 2.05) is 0 Å². The Kier molecular flexibility index (Phi) is 7.22. The van der Waals surface area contributed by atoms with Gasteiger partial charge in [0, 0.05) is 0 Å². The van der Waals surface area contributed by atoms with Crippen LogP contribution < -0.4 is 12.4 Å². The molecule has 1 nitrogen and oxygen atoms in total. The fraction of sp³-hybridized carbons (Fsp3) is 0.619. The van der Waals surface area contributed by atoms with Crippen LogP contribution in [0.1, 0.15) is 51.4 Å². The summed E-state index contributed by atoms with van der Waals surface area (Å²) in [6, 6.07) is 0. The van der Waals surface area contributed by atoms with E-state index in [2.05, 4.69) is 37.4 Å². The van der Waals surface area contributed by atoms with Gasteiger partial charge in [-0.1, -0.05) is 0 Å².